The van der Waals surface area contributed by atoms with Gasteiger partial charge in [0.2, 0.25) is 0 Å². The topological polar surface area (TPSA) is 25.2 Å². The minimum absolute atomic E-state index is 0.0809. The van der Waals surface area contributed by atoms with Gasteiger partial charge in [0.1, 0.15) is 5.76 Å². The zero-order chi connectivity index (χ0) is 15.3. The standard InChI is InChI=1S/C16H16F3NO/c1-12(20-11-15-3-2-10-21-15)4-5-13-6-8-14(9-7-13)16(17,18)19/h2-10,12,20H,11H2,1H3. The lowest BCUT2D eigenvalue weighted by molar-refractivity contribution is -0.137. The van der Waals surface area contributed by atoms with Gasteiger partial charge in [-0.05, 0) is 36.8 Å². The molecule has 0 spiro atoms. The van der Waals surface area contributed by atoms with Crippen LogP contribution in [0.15, 0.2) is 53.2 Å². The largest absolute Gasteiger partial charge is 0.468 e. The van der Waals surface area contributed by atoms with E-state index in [4.69, 9.17) is 4.42 Å². The van der Waals surface area contributed by atoms with Gasteiger partial charge in [-0.15, -0.1) is 0 Å². The Morgan fingerprint density at radius 3 is 2.48 bits per heavy atom. The number of rotatable bonds is 5. The highest BCUT2D eigenvalue weighted by Crippen LogP contribution is 2.29. The number of benzene rings is 1. The van der Waals surface area contributed by atoms with E-state index in [9.17, 15) is 13.2 Å². The van der Waals surface area contributed by atoms with Crippen LogP contribution in [0.3, 0.4) is 0 Å². The van der Waals surface area contributed by atoms with Crippen LogP contribution in [0.2, 0.25) is 0 Å². The van der Waals surface area contributed by atoms with Crippen LogP contribution in [0.5, 0.6) is 0 Å². The summed E-state index contributed by atoms with van der Waals surface area (Å²) in [5.41, 5.74) is 0.0956. The second-order valence-corrected chi connectivity index (χ2v) is 4.73. The SMILES string of the molecule is CC(C=Cc1ccc(C(F)(F)F)cc1)NCc1ccco1. The third kappa shape index (κ3) is 4.79. The van der Waals surface area contributed by atoms with E-state index in [0.717, 1.165) is 23.5 Å². The molecule has 21 heavy (non-hydrogen) atoms. The van der Waals surface area contributed by atoms with Gasteiger partial charge in [-0.25, -0.2) is 0 Å². The smallest absolute Gasteiger partial charge is 0.416 e. The van der Waals surface area contributed by atoms with Crippen molar-refractivity contribution in [1.29, 1.82) is 0 Å². The number of hydrogen-bond donors (Lipinski definition) is 1. The number of nitrogens with one attached hydrogen (secondary N) is 1. The van der Waals surface area contributed by atoms with E-state index >= 15 is 0 Å². The molecule has 0 aliphatic heterocycles. The molecule has 1 aromatic heterocycles. The van der Waals surface area contributed by atoms with Crippen LogP contribution in [-0.2, 0) is 12.7 Å². The number of alkyl halides is 3. The molecule has 1 unspecified atom stereocenters. The summed E-state index contributed by atoms with van der Waals surface area (Å²) in [6.07, 6.45) is 1.01. The summed E-state index contributed by atoms with van der Waals surface area (Å²) in [5.74, 6) is 0.838. The molecule has 1 atom stereocenters. The molecule has 0 amide bonds. The maximum Gasteiger partial charge on any atom is 0.416 e. The van der Waals surface area contributed by atoms with Gasteiger partial charge in [0, 0.05) is 6.04 Å². The van der Waals surface area contributed by atoms with Crippen molar-refractivity contribution in [2.45, 2.75) is 25.7 Å². The third-order valence-electron chi connectivity index (χ3n) is 2.99. The predicted molar refractivity (Wildman–Crippen MR) is 75.5 cm³/mol. The fourth-order valence-electron chi connectivity index (χ4n) is 1.78. The molecule has 0 bridgehead atoms. The fraction of sp³-hybridized carbons (Fsp3) is 0.250. The van der Waals surface area contributed by atoms with Crippen LogP contribution >= 0.6 is 0 Å². The fourth-order valence-corrected chi connectivity index (χ4v) is 1.78. The minimum Gasteiger partial charge on any atom is -0.468 e. The molecule has 0 radical (unpaired) electrons. The van der Waals surface area contributed by atoms with Crippen molar-refractivity contribution in [2.75, 3.05) is 0 Å². The van der Waals surface area contributed by atoms with E-state index in [1.165, 1.54) is 12.1 Å². The summed E-state index contributed by atoms with van der Waals surface area (Å²) in [4.78, 5) is 0. The van der Waals surface area contributed by atoms with Gasteiger partial charge >= 0.3 is 6.18 Å². The van der Waals surface area contributed by atoms with E-state index in [-0.39, 0.29) is 6.04 Å². The van der Waals surface area contributed by atoms with Crippen molar-refractivity contribution in [3.05, 3.63) is 65.6 Å². The molecule has 0 aliphatic rings. The van der Waals surface area contributed by atoms with Crippen molar-refractivity contribution in [3.8, 4) is 0 Å². The Bertz CT molecular complexity index is 571. The quantitative estimate of drug-likeness (QED) is 0.879. The molecule has 5 heteroatoms. The maximum atomic E-state index is 12.4. The monoisotopic (exact) mass is 295 g/mol. The van der Waals surface area contributed by atoms with E-state index in [2.05, 4.69) is 5.32 Å². The van der Waals surface area contributed by atoms with E-state index in [1.807, 2.05) is 25.1 Å². The highest BCUT2D eigenvalue weighted by atomic mass is 19.4. The van der Waals surface area contributed by atoms with E-state index in [1.54, 1.807) is 12.3 Å². The third-order valence-corrected chi connectivity index (χ3v) is 2.99. The molecule has 0 saturated heterocycles. The first-order valence-corrected chi connectivity index (χ1v) is 6.56. The minimum atomic E-state index is -4.29. The highest BCUT2D eigenvalue weighted by Gasteiger charge is 2.29. The Balaban J connectivity index is 1.88. The summed E-state index contributed by atoms with van der Waals surface area (Å²) in [6, 6.07) is 8.86. The van der Waals surface area contributed by atoms with E-state index < -0.39 is 11.7 Å². The molecule has 1 heterocycles. The number of halogens is 3. The molecule has 112 valence electrons. The average molecular weight is 295 g/mol. The van der Waals surface area contributed by atoms with Crippen LogP contribution in [0, 0.1) is 0 Å². The lowest BCUT2D eigenvalue weighted by Gasteiger charge is -2.08. The maximum absolute atomic E-state index is 12.4. The van der Waals surface area contributed by atoms with Crippen LogP contribution in [0.4, 0.5) is 13.2 Å². The second kappa shape index (κ2) is 6.63. The molecule has 0 fully saturated rings. The second-order valence-electron chi connectivity index (χ2n) is 4.73. The summed E-state index contributed by atoms with van der Waals surface area (Å²) < 4.78 is 42.5. The van der Waals surface area contributed by atoms with Crippen LogP contribution in [-0.4, -0.2) is 6.04 Å². The number of hydrogen-bond acceptors (Lipinski definition) is 2. The molecule has 0 saturated carbocycles. The van der Waals surface area contributed by atoms with Gasteiger partial charge in [-0.1, -0.05) is 24.3 Å². The molecule has 1 aromatic carbocycles. The normalized spacial score (nSPS) is 13.7. The van der Waals surface area contributed by atoms with Crippen LogP contribution in [0.1, 0.15) is 23.8 Å². The van der Waals surface area contributed by atoms with Crippen molar-refractivity contribution < 1.29 is 17.6 Å². The van der Waals surface area contributed by atoms with Crippen LogP contribution in [0.25, 0.3) is 6.08 Å². The van der Waals surface area contributed by atoms with Gasteiger partial charge in [0.25, 0.3) is 0 Å². The van der Waals surface area contributed by atoms with Gasteiger partial charge in [-0.3, -0.25) is 0 Å². The summed E-state index contributed by atoms with van der Waals surface area (Å²) in [5, 5.41) is 3.23. The summed E-state index contributed by atoms with van der Waals surface area (Å²) >= 11 is 0. The molecule has 1 N–H and O–H groups in total. The Morgan fingerprint density at radius 1 is 1.19 bits per heavy atom. The zero-order valence-electron chi connectivity index (χ0n) is 11.5. The lowest BCUT2D eigenvalue weighted by atomic mass is 10.1. The Labute approximate surface area is 121 Å². The zero-order valence-corrected chi connectivity index (χ0v) is 11.5. The van der Waals surface area contributed by atoms with Crippen molar-refractivity contribution in [1.82, 2.24) is 5.32 Å². The lowest BCUT2D eigenvalue weighted by Crippen LogP contribution is -2.22. The Kier molecular flexibility index (Phi) is 4.85. The van der Waals surface area contributed by atoms with Crippen LogP contribution < -0.4 is 5.32 Å². The molecule has 2 rings (SSSR count). The van der Waals surface area contributed by atoms with Gasteiger partial charge < -0.3 is 9.73 Å². The van der Waals surface area contributed by atoms with Crippen molar-refractivity contribution >= 4 is 6.08 Å². The Hall–Kier alpha value is -2.01. The van der Waals surface area contributed by atoms with Gasteiger partial charge in [0.15, 0.2) is 0 Å². The van der Waals surface area contributed by atoms with Gasteiger partial charge in [0.05, 0.1) is 18.4 Å². The highest BCUT2D eigenvalue weighted by molar-refractivity contribution is 5.50. The Morgan fingerprint density at radius 2 is 1.90 bits per heavy atom. The molecule has 2 nitrogen and oxygen atoms in total. The molecule has 0 aliphatic carbocycles. The predicted octanol–water partition coefficient (Wildman–Crippen LogP) is 4.49. The first-order chi connectivity index (χ1) is 9.95. The van der Waals surface area contributed by atoms with Crippen molar-refractivity contribution in [3.63, 3.8) is 0 Å². The molecule has 2 aromatic rings. The first-order valence-electron chi connectivity index (χ1n) is 6.56. The average Bonchev–Trinajstić information content (AvgIpc) is 2.95. The van der Waals surface area contributed by atoms with E-state index in [0.29, 0.717) is 6.54 Å². The molecular formula is C16H16F3NO. The summed E-state index contributed by atoms with van der Waals surface area (Å²) in [7, 11) is 0. The van der Waals surface area contributed by atoms with Crippen molar-refractivity contribution in [2.24, 2.45) is 0 Å². The molecular weight excluding hydrogens is 279 g/mol. The summed E-state index contributed by atoms with van der Waals surface area (Å²) in [6.45, 7) is 2.56. The first kappa shape index (κ1) is 15.4. The van der Waals surface area contributed by atoms with Gasteiger partial charge in [-0.2, -0.15) is 13.2 Å². The number of furan rings is 1.